The first-order chi connectivity index (χ1) is 9.52. The Labute approximate surface area is 121 Å². The highest BCUT2D eigenvalue weighted by Gasteiger charge is 2.13. The van der Waals surface area contributed by atoms with Crippen LogP contribution in [0.1, 0.15) is 32.8 Å². The van der Waals surface area contributed by atoms with Crippen molar-refractivity contribution in [3.05, 3.63) is 29.8 Å². The van der Waals surface area contributed by atoms with Gasteiger partial charge in [0, 0.05) is 12.6 Å². The highest BCUT2D eigenvalue weighted by molar-refractivity contribution is 5.81. The minimum absolute atomic E-state index is 0.0369. The van der Waals surface area contributed by atoms with E-state index in [2.05, 4.69) is 17.6 Å². The van der Waals surface area contributed by atoms with E-state index in [1.165, 1.54) is 5.56 Å². The molecule has 1 amide bonds. The summed E-state index contributed by atoms with van der Waals surface area (Å²) in [7, 11) is 0. The van der Waals surface area contributed by atoms with Crippen LogP contribution in [0.5, 0.6) is 5.75 Å². The zero-order chi connectivity index (χ0) is 15.0. The van der Waals surface area contributed by atoms with Crippen LogP contribution in [0, 0.1) is 6.92 Å². The molecular formula is C16H26N2O2. The van der Waals surface area contributed by atoms with Crippen LogP contribution in [0.15, 0.2) is 24.3 Å². The first kappa shape index (κ1) is 16.5. The molecule has 0 fully saturated rings. The number of benzene rings is 1. The molecule has 0 bridgehead atoms. The molecule has 1 rings (SSSR count). The highest BCUT2D eigenvalue weighted by Crippen LogP contribution is 2.11. The van der Waals surface area contributed by atoms with Gasteiger partial charge < -0.3 is 15.4 Å². The van der Waals surface area contributed by atoms with Gasteiger partial charge in [-0.05, 0) is 44.9 Å². The third-order valence-corrected chi connectivity index (χ3v) is 3.21. The summed E-state index contributed by atoms with van der Waals surface area (Å²) in [4.78, 5) is 11.8. The van der Waals surface area contributed by atoms with Gasteiger partial charge in [-0.3, -0.25) is 4.79 Å². The molecule has 0 spiro atoms. The summed E-state index contributed by atoms with van der Waals surface area (Å²) in [5, 5.41) is 6.11. The van der Waals surface area contributed by atoms with Crippen molar-refractivity contribution in [2.75, 3.05) is 13.2 Å². The van der Waals surface area contributed by atoms with Gasteiger partial charge in [-0.15, -0.1) is 0 Å². The molecule has 0 aliphatic rings. The van der Waals surface area contributed by atoms with E-state index in [-0.39, 0.29) is 18.0 Å². The Kier molecular flexibility index (Phi) is 7.09. The maximum absolute atomic E-state index is 11.8. The Morgan fingerprint density at radius 1 is 1.35 bits per heavy atom. The molecule has 1 aromatic carbocycles. The quantitative estimate of drug-likeness (QED) is 0.717. The molecule has 0 aliphatic heterocycles. The largest absolute Gasteiger partial charge is 0.492 e. The van der Waals surface area contributed by atoms with Gasteiger partial charge in [-0.2, -0.15) is 0 Å². The standard InChI is InChI=1S/C16H26N2O2/c1-5-13(3)18-16(19)14(4)17-9-10-20-15-8-6-7-12(2)11-15/h6-8,11,13-14,17H,5,9-10H2,1-4H3,(H,18,19). The first-order valence-electron chi connectivity index (χ1n) is 7.26. The fourth-order valence-electron chi connectivity index (χ4n) is 1.71. The van der Waals surface area contributed by atoms with E-state index in [4.69, 9.17) is 4.74 Å². The number of nitrogens with one attached hydrogen (secondary N) is 2. The second-order valence-corrected chi connectivity index (χ2v) is 5.16. The summed E-state index contributed by atoms with van der Waals surface area (Å²) in [6.45, 7) is 9.15. The van der Waals surface area contributed by atoms with Crippen molar-refractivity contribution < 1.29 is 9.53 Å². The summed E-state index contributed by atoms with van der Waals surface area (Å²) < 4.78 is 5.63. The average Bonchev–Trinajstić information content (AvgIpc) is 2.43. The van der Waals surface area contributed by atoms with Crippen LogP contribution in [0.4, 0.5) is 0 Å². The molecule has 0 radical (unpaired) electrons. The van der Waals surface area contributed by atoms with Crippen LogP contribution in [-0.2, 0) is 4.79 Å². The minimum atomic E-state index is -0.204. The van der Waals surface area contributed by atoms with E-state index in [9.17, 15) is 4.79 Å². The van der Waals surface area contributed by atoms with Gasteiger partial charge in [0.25, 0.3) is 0 Å². The van der Waals surface area contributed by atoms with Crippen LogP contribution in [0.3, 0.4) is 0 Å². The monoisotopic (exact) mass is 278 g/mol. The van der Waals surface area contributed by atoms with Gasteiger partial charge in [0.2, 0.25) is 5.91 Å². The fourth-order valence-corrected chi connectivity index (χ4v) is 1.71. The van der Waals surface area contributed by atoms with E-state index < -0.39 is 0 Å². The molecule has 2 atom stereocenters. The number of ether oxygens (including phenoxy) is 1. The molecule has 4 nitrogen and oxygen atoms in total. The van der Waals surface area contributed by atoms with Crippen molar-refractivity contribution in [1.29, 1.82) is 0 Å². The second kappa shape index (κ2) is 8.59. The summed E-state index contributed by atoms with van der Waals surface area (Å²) in [6, 6.07) is 7.96. The van der Waals surface area contributed by atoms with E-state index in [1.807, 2.05) is 45.0 Å². The lowest BCUT2D eigenvalue weighted by Gasteiger charge is -2.17. The van der Waals surface area contributed by atoms with Crippen LogP contribution >= 0.6 is 0 Å². The number of hydrogen-bond donors (Lipinski definition) is 2. The molecule has 0 heterocycles. The zero-order valence-corrected chi connectivity index (χ0v) is 12.9. The summed E-state index contributed by atoms with van der Waals surface area (Å²) >= 11 is 0. The normalized spacial score (nSPS) is 13.6. The smallest absolute Gasteiger partial charge is 0.237 e. The van der Waals surface area contributed by atoms with Gasteiger partial charge in [-0.25, -0.2) is 0 Å². The third-order valence-electron chi connectivity index (χ3n) is 3.21. The second-order valence-electron chi connectivity index (χ2n) is 5.16. The minimum Gasteiger partial charge on any atom is -0.492 e. The maximum Gasteiger partial charge on any atom is 0.237 e. The van der Waals surface area contributed by atoms with Gasteiger partial charge in [0.1, 0.15) is 12.4 Å². The number of hydrogen-bond acceptors (Lipinski definition) is 3. The predicted molar refractivity (Wildman–Crippen MR) is 82.0 cm³/mol. The van der Waals surface area contributed by atoms with E-state index in [0.717, 1.165) is 12.2 Å². The SMILES string of the molecule is CCC(C)NC(=O)C(C)NCCOc1cccc(C)c1. The Morgan fingerprint density at radius 3 is 2.75 bits per heavy atom. The Bertz CT molecular complexity index is 421. The molecule has 1 aromatic rings. The van der Waals surface area contributed by atoms with Crippen molar-refractivity contribution in [1.82, 2.24) is 10.6 Å². The van der Waals surface area contributed by atoms with Crippen molar-refractivity contribution in [3.8, 4) is 5.75 Å². The average molecular weight is 278 g/mol. The summed E-state index contributed by atoms with van der Waals surface area (Å²) in [5.74, 6) is 0.901. The van der Waals surface area contributed by atoms with Gasteiger partial charge >= 0.3 is 0 Å². The van der Waals surface area contributed by atoms with Gasteiger partial charge in [-0.1, -0.05) is 19.1 Å². The van der Waals surface area contributed by atoms with E-state index in [0.29, 0.717) is 13.2 Å². The topological polar surface area (TPSA) is 50.4 Å². The van der Waals surface area contributed by atoms with Crippen LogP contribution < -0.4 is 15.4 Å². The van der Waals surface area contributed by atoms with E-state index in [1.54, 1.807) is 0 Å². The Morgan fingerprint density at radius 2 is 2.10 bits per heavy atom. The number of amides is 1. The number of rotatable bonds is 8. The van der Waals surface area contributed by atoms with Crippen LogP contribution in [0.2, 0.25) is 0 Å². The fraction of sp³-hybridized carbons (Fsp3) is 0.562. The highest BCUT2D eigenvalue weighted by atomic mass is 16.5. The van der Waals surface area contributed by atoms with Crippen LogP contribution in [0.25, 0.3) is 0 Å². The molecule has 20 heavy (non-hydrogen) atoms. The molecule has 0 saturated heterocycles. The van der Waals surface area contributed by atoms with E-state index >= 15 is 0 Å². The van der Waals surface area contributed by atoms with Crippen molar-refractivity contribution >= 4 is 5.91 Å². The molecule has 0 aliphatic carbocycles. The van der Waals surface area contributed by atoms with Crippen LogP contribution in [-0.4, -0.2) is 31.1 Å². The van der Waals surface area contributed by atoms with Gasteiger partial charge in [0.05, 0.1) is 6.04 Å². The molecule has 0 saturated carbocycles. The molecule has 4 heteroatoms. The lowest BCUT2D eigenvalue weighted by molar-refractivity contribution is -0.123. The lowest BCUT2D eigenvalue weighted by Crippen LogP contribution is -2.46. The van der Waals surface area contributed by atoms with Crippen molar-refractivity contribution in [2.45, 2.75) is 46.2 Å². The summed E-state index contributed by atoms with van der Waals surface area (Å²) in [5.41, 5.74) is 1.18. The van der Waals surface area contributed by atoms with Gasteiger partial charge in [0.15, 0.2) is 0 Å². The third kappa shape index (κ3) is 6.06. The molecule has 112 valence electrons. The molecule has 0 aromatic heterocycles. The van der Waals surface area contributed by atoms with Crippen molar-refractivity contribution in [2.24, 2.45) is 0 Å². The Balaban J connectivity index is 2.22. The Hall–Kier alpha value is -1.55. The molecular weight excluding hydrogens is 252 g/mol. The number of aryl methyl sites for hydroxylation is 1. The number of carbonyl (C=O) groups is 1. The molecule has 2 unspecified atom stereocenters. The predicted octanol–water partition coefficient (Wildman–Crippen LogP) is 2.27. The first-order valence-corrected chi connectivity index (χ1v) is 7.26. The lowest BCUT2D eigenvalue weighted by atomic mass is 10.2. The number of carbonyl (C=O) groups excluding carboxylic acids is 1. The molecule has 2 N–H and O–H groups in total. The maximum atomic E-state index is 11.8. The summed E-state index contributed by atoms with van der Waals surface area (Å²) in [6.07, 6.45) is 0.939. The van der Waals surface area contributed by atoms with Crippen molar-refractivity contribution in [3.63, 3.8) is 0 Å². The zero-order valence-electron chi connectivity index (χ0n) is 12.9.